The summed E-state index contributed by atoms with van der Waals surface area (Å²) in [5, 5.41) is 3.58. The molecule has 0 bridgehead atoms. The van der Waals surface area contributed by atoms with Crippen LogP contribution in [0.3, 0.4) is 0 Å². The standard InChI is InChI=1S/C28H18N2O7/c1-14(31)36-21-10-4-8-18-23(21)27(34)24-19(26(18)33)12-17(13-22(24)37-15(2)32)28(35)30-20-9-3-6-16-7-5-11-29-25(16)20/h3-13H,1-2H3,(H,30,35). The Hall–Kier alpha value is -5.18. The number of amides is 1. The normalized spacial score (nSPS) is 11.9. The summed E-state index contributed by atoms with van der Waals surface area (Å²) in [6.45, 7) is 2.30. The fraction of sp³-hybridized carbons (Fsp3) is 0.0714. The first kappa shape index (κ1) is 23.6. The van der Waals surface area contributed by atoms with E-state index < -0.39 is 29.4 Å². The van der Waals surface area contributed by atoms with Gasteiger partial charge < -0.3 is 14.8 Å². The first-order valence-electron chi connectivity index (χ1n) is 11.2. The molecule has 0 fully saturated rings. The summed E-state index contributed by atoms with van der Waals surface area (Å²) in [7, 11) is 0. The Morgan fingerprint density at radius 2 is 1.43 bits per heavy atom. The molecular formula is C28H18N2O7. The third kappa shape index (κ3) is 4.23. The number of pyridine rings is 1. The van der Waals surface area contributed by atoms with Crippen LogP contribution in [0, 0.1) is 0 Å². The zero-order chi connectivity index (χ0) is 26.3. The minimum absolute atomic E-state index is 0.000775. The van der Waals surface area contributed by atoms with Crippen LogP contribution in [-0.4, -0.2) is 34.4 Å². The van der Waals surface area contributed by atoms with Crippen molar-refractivity contribution >= 4 is 46.0 Å². The van der Waals surface area contributed by atoms with Crippen molar-refractivity contribution in [2.24, 2.45) is 0 Å². The van der Waals surface area contributed by atoms with E-state index in [0.717, 1.165) is 12.3 Å². The lowest BCUT2D eigenvalue weighted by atomic mass is 9.82. The molecule has 3 aromatic carbocycles. The van der Waals surface area contributed by atoms with Gasteiger partial charge in [-0.1, -0.05) is 30.3 Å². The highest BCUT2D eigenvalue weighted by molar-refractivity contribution is 6.31. The van der Waals surface area contributed by atoms with Gasteiger partial charge >= 0.3 is 11.9 Å². The maximum Gasteiger partial charge on any atom is 0.308 e. The van der Waals surface area contributed by atoms with Gasteiger partial charge in [0.2, 0.25) is 5.78 Å². The molecule has 1 amide bonds. The number of fused-ring (bicyclic) bond motifs is 3. The monoisotopic (exact) mass is 494 g/mol. The van der Waals surface area contributed by atoms with E-state index in [1.54, 1.807) is 24.4 Å². The van der Waals surface area contributed by atoms with E-state index in [1.807, 2.05) is 12.1 Å². The predicted octanol–water partition coefficient (Wildman–Crippen LogP) is 4.11. The largest absolute Gasteiger partial charge is 0.426 e. The summed E-state index contributed by atoms with van der Waals surface area (Å²) < 4.78 is 10.4. The topological polar surface area (TPSA) is 129 Å². The molecule has 1 heterocycles. The third-order valence-electron chi connectivity index (χ3n) is 5.72. The Labute approximate surface area is 210 Å². The molecule has 4 aromatic rings. The van der Waals surface area contributed by atoms with Crippen molar-refractivity contribution in [3.8, 4) is 11.5 Å². The Morgan fingerprint density at radius 3 is 2.19 bits per heavy atom. The second-order valence-electron chi connectivity index (χ2n) is 8.26. The number of hydrogen-bond donors (Lipinski definition) is 1. The first-order chi connectivity index (χ1) is 17.7. The molecule has 5 rings (SSSR count). The molecule has 0 aliphatic heterocycles. The number of carbonyl (C=O) groups excluding carboxylic acids is 5. The molecule has 1 aromatic heterocycles. The lowest BCUT2D eigenvalue weighted by Crippen LogP contribution is -2.25. The van der Waals surface area contributed by atoms with Crippen molar-refractivity contribution in [3.63, 3.8) is 0 Å². The number of ether oxygens (including phenoxy) is 2. The molecule has 0 saturated heterocycles. The van der Waals surface area contributed by atoms with Crippen LogP contribution in [0.15, 0.2) is 66.9 Å². The number of benzene rings is 3. The summed E-state index contributed by atoms with van der Waals surface area (Å²) in [5.74, 6) is -3.64. The van der Waals surface area contributed by atoms with Crippen molar-refractivity contribution < 1.29 is 33.4 Å². The van der Waals surface area contributed by atoms with Crippen LogP contribution < -0.4 is 14.8 Å². The number of hydrogen-bond acceptors (Lipinski definition) is 8. The van der Waals surface area contributed by atoms with Gasteiger partial charge in [-0.3, -0.25) is 29.0 Å². The average Bonchev–Trinajstić information content (AvgIpc) is 2.86. The zero-order valence-corrected chi connectivity index (χ0v) is 19.7. The molecule has 0 unspecified atom stereocenters. The molecule has 1 aliphatic rings. The van der Waals surface area contributed by atoms with Gasteiger partial charge in [-0.2, -0.15) is 0 Å². The van der Waals surface area contributed by atoms with Crippen LogP contribution in [0.2, 0.25) is 0 Å². The van der Waals surface area contributed by atoms with Crippen molar-refractivity contribution in [1.82, 2.24) is 4.98 Å². The molecule has 9 heteroatoms. The van der Waals surface area contributed by atoms with E-state index in [2.05, 4.69) is 10.3 Å². The third-order valence-corrected chi connectivity index (χ3v) is 5.72. The molecule has 0 spiro atoms. The quantitative estimate of drug-likeness (QED) is 0.292. The number of nitrogens with zero attached hydrogens (tertiary/aromatic N) is 1. The fourth-order valence-corrected chi connectivity index (χ4v) is 4.26. The van der Waals surface area contributed by atoms with E-state index >= 15 is 0 Å². The number of esters is 2. The summed E-state index contributed by atoms with van der Waals surface area (Å²) in [6, 6.07) is 15.7. The Kier molecular flexibility index (Phi) is 5.81. The number of para-hydroxylation sites is 1. The number of aromatic nitrogens is 1. The summed E-state index contributed by atoms with van der Waals surface area (Å²) >= 11 is 0. The van der Waals surface area contributed by atoms with Gasteiger partial charge in [0.25, 0.3) is 5.91 Å². The number of carbonyl (C=O) groups is 5. The van der Waals surface area contributed by atoms with Gasteiger partial charge in [-0.05, 0) is 30.3 Å². The number of nitrogens with one attached hydrogen (secondary N) is 1. The number of ketones is 2. The lowest BCUT2D eigenvalue weighted by Gasteiger charge is -2.22. The zero-order valence-electron chi connectivity index (χ0n) is 19.7. The Bertz CT molecular complexity index is 1670. The predicted molar refractivity (Wildman–Crippen MR) is 132 cm³/mol. The van der Waals surface area contributed by atoms with Crippen LogP contribution in [0.1, 0.15) is 56.0 Å². The van der Waals surface area contributed by atoms with E-state index in [1.165, 1.54) is 37.3 Å². The molecule has 1 N–H and O–H groups in total. The highest BCUT2D eigenvalue weighted by atomic mass is 16.5. The second-order valence-corrected chi connectivity index (χ2v) is 8.26. The number of anilines is 1. The maximum absolute atomic E-state index is 13.5. The van der Waals surface area contributed by atoms with Gasteiger partial charge in [0.15, 0.2) is 5.78 Å². The van der Waals surface area contributed by atoms with Gasteiger partial charge in [-0.15, -0.1) is 0 Å². The van der Waals surface area contributed by atoms with Gasteiger partial charge in [0, 0.05) is 42.1 Å². The van der Waals surface area contributed by atoms with E-state index in [0.29, 0.717) is 11.2 Å². The molecule has 1 aliphatic carbocycles. The van der Waals surface area contributed by atoms with Gasteiger partial charge in [-0.25, -0.2) is 0 Å². The number of rotatable bonds is 4. The smallest absolute Gasteiger partial charge is 0.308 e. The van der Waals surface area contributed by atoms with Crippen molar-refractivity contribution in [2.75, 3.05) is 5.32 Å². The molecular weight excluding hydrogens is 476 g/mol. The van der Waals surface area contributed by atoms with Crippen LogP contribution in [0.25, 0.3) is 10.9 Å². The molecule has 182 valence electrons. The van der Waals surface area contributed by atoms with Crippen LogP contribution >= 0.6 is 0 Å². The Balaban J connectivity index is 1.62. The Morgan fingerprint density at radius 1 is 0.757 bits per heavy atom. The summed E-state index contributed by atoms with van der Waals surface area (Å²) in [4.78, 5) is 68.0. The average molecular weight is 494 g/mol. The molecule has 9 nitrogen and oxygen atoms in total. The minimum atomic E-state index is -0.752. The highest BCUT2D eigenvalue weighted by Crippen LogP contribution is 2.38. The van der Waals surface area contributed by atoms with Gasteiger partial charge in [0.05, 0.1) is 22.3 Å². The van der Waals surface area contributed by atoms with E-state index in [-0.39, 0.29) is 39.3 Å². The second kappa shape index (κ2) is 9.12. The minimum Gasteiger partial charge on any atom is -0.426 e. The maximum atomic E-state index is 13.5. The van der Waals surface area contributed by atoms with Crippen LogP contribution in [0.4, 0.5) is 5.69 Å². The van der Waals surface area contributed by atoms with E-state index in [9.17, 15) is 24.0 Å². The SMILES string of the molecule is CC(=O)Oc1cccc2c1C(=O)c1c(OC(C)=O)cc(C(=O)Nc3cccc4cccnc34)cc1C2=O. The molecule has 0 radical (unpaired) electrons. The lowest BCUT2D eigenvalue weighted by molar-refractivity contribution is -0.132. The van der Waals surface area contributed by atoms with Crippen molar-refractivity contribution in [3.05, 3.63) is 94.7 Å². The molecule has 0 saturated carbocycles. The summed E-state index contributed by atoms with van der Waals surface area (Å²) in [5.41, 5.74) is 0.559. The summed E-state index contributed by atoms with van der Waals surface area (Å²) in [6.07, 6.45) is 1.60. The first-order valence-corrected chi connectivity index (χ1v) is 11.2. The molecule has 0 atom stereocenters. The van der Waals surface area contributed by atoms with Crippen molar-refractivity contribution in [2.45, 2.75) is 13.8 Å². The van der Waals surface area contributed by atoms with E-state index in [4.69, 9.17) is 9.47 Å². The van der Waals surface area contributed by atoms with Gasteiger partial charge in [0.1, 0.15) is 11.5 Å². The molecule has 37 heavy (non-hydrogen) atoms. The van der Waals surface area contributed by atoms with Crippen LogP contribution in [-0.2, 0) is 9.59 Å². The highest BCUT2D eigenvalue weighted by Gasteiger charge is 2.36. The van der Waals surface area contributed by atoms with Crippen LogP contribution in [0.5, 0.6) is 11.5 Å². The van der Waals surface area contributed by atoms with Crippen molar-refractivity contribution in [1.29, 1.82) is 0 Å². The fourth-order valence-electron chi connectivity index (χ4n) is 4.26.